The predicted molar refractivity (Wildman–Crippen MR) is 81.9 cm³/mol. The van der Waals surface area contributed by atoms with E-state index < -0.39 is 0 Å². The first-order valence-corrected chi connectivity index (χ1v) is 7.63. The number of ether oxygens (including phenoxy) is 2. The zero-order chi connectivity index (χ0) is 14.9. The molecular weight excluding hydrogens is 264 g/mol. The molecule has 0 radical (unpaired) electrons. The normalized spacial score (nSPS) is 32.0. The van der Waals surface area contributed by atoms with E-state index in [1.807, 2.05) is 24.3 Å². The fourth-order valence-electron chi connectivity index (χ4n) is 3.64. The highest BCUT2D eigenvalue weighted by atomic mass is 16.5. The van der Waals surface area contributed by atoms with Gasteiger partial charge in [0.05, 0.1) is 19.1 Å². The summed E-state index contributed by atoms with van der Waals surface area (Å²) in [6.45, 7) is 2.65. The minimum Gasteiger partial charge on any atom is -0.497 e. The van der Waals surface area contributed by atoms with E-state index in [2.05, 4.69) is 19.1 Å². The topological polar surface area (TPSA) is 35.5 Å². The molecule has 1 saturated heterocycles. The number of benzene rings is 1. The molecule has 1 saturated carbocycles. The minimum atomic E-state index is -0.271. The van der Waals surface area contributed by atoms with Crippen LogP contribution in [0.2, 0.25) is 0 Å². The van der Waals surface area contributed by atoms with Crippen molar-refractivity contribution >= 4 is 12.0 Å². The number of carbonyl (C=O) groups is 1. The van der Waals surface area contributed by atoms with Crippen LogP contribution in [-0.2, 0) is 9.53 Å². The van der Waals surface area contributed by atoms with Crippen molar-refractivity contribution in [3.05, 3.63) is 35.9 Å². The van der Waals surface area contributed by atoms with Crippen molar-refractivity contribution in [2.24, 2.45) is 17.3 Å². The van der Waals surface area contributed by atoms with Crippen molar-refractivity contribution in [1.82, 2.24) is 0 Å². The lowest BCUT2D eigenvalue weighted by Crippen LogP contribution is -2.37. The van der Waals surface area contributed by atoms with Crippen molar-refractivity contribution < 1.29 is 14.3 Å². The van der Waals surface area contributed by atoms with Gasteiger partial charge < -0.3 is 9.47 Å². The highest BCUT2D eigenvalue weighted by Crippen LogP contribution is 2.49. The van der Waals surface area contributed by atoms with Crippen LogP contribution >= 0.6 is 0 Å². The number of hydrogen-bond acceptors (Lipinski definition) is 3. The molecule has 2 fully saturated rings. The maximum atomic E-state index is 12.0. The minimum absolute atomic E-state index is 0.00459. The lowest BCUT2D eigenvalue weighted by molar-refractivity contribution is -0.146. The SMILES string of the molecule is COc1ccc(/C=C/[C@@H]2CCC[C@@]3(C)C(=O)OC[C@@H]23)cc1. The zero-order valence-electron chi connectivity index (χ0n) is 12.7. The monoisotopic (exact) mass is 286 g/mol. The predicted octanol–water partition coefficient (Wildman–Crippen LogP) is 3.69. The average molecular weight is 286 g/mol. The van der Waals surface area contributed by atoms with Crippen LogP contribution in [0.15, 0.2) is 30.3 Å². The Morgan fingerprint density at radius 3 is 2.81 bits per heavy atom. The summed E-state index contributed by atoms with van der Waals surface area (Å²) in [4.78, 5) is 12.0. The number of cyclic esters (lactones) is 1. The number of rotatable bonds is 3. The van der Waals surface area contributed by atoms with Crippen molar-refractivity contribution in [3.63, 3.8) is 0 Å². The number of allylic oxidation sites excluding steroid dienone is 1. The van der Waals surface area contributed by atoms with Gasteiger partial charge in [0.15, 0.2) is 0 Å². The van der Waals surface area contributed by atoms with Gasteiger partial charge in [-0.1, -0.05) is 30.7 Å². The molecule has 1 aliphatic carbocycles. The van der Waals surface area contributed by atoms with Crippen LogP contribution in [0.25, 0.3) is 6.08 Å². The molecule has 112 valence electrons. The van der Waals surface area contributed by atoms with Crippen LogP contribution in [0.4, 0.5) is 0 Å². The Morgan fingerprint density at radius 1 is 1.33 bits per heavy atom. The average Bonchev–Trinajstić information content (AvgIpc) is 2.82. The fourth-order valence-corrected chi connectivity index (χ4v) is 3.64. The van der Waals surface area contributed by atoms with Crippen LogP contribution in [0.3, 0.4) is 0 Å². The van der Waals surface area contributed by atoms with Gasteiger partial charge in [-0.25, -0.2) is 0 Å². The zero-order valence-corrected chi connectivity index (χ0v) is 12.7. The van der Waals surface area contributed by atoms with Gasteiger partial charge in [0, 0.05) is 5.92 Å². The number of carbonyl (C=O) groups excluding carboxylic acids is 1. The van der Waals surface area contributed by atoms with Crippen LogP contribution < -0.4 is 4.74 Å². The van der Waals surface area contributed by atoms with Gasteiger partial charge >= 0.3 is 5.97 Å². The van der Waals surface area contributed by atoms with E-state index in [4.69, 9.17) is 9.47 Å². The molecule has 21 heavy (non-hydrogen) atoms. The van der Waals surface area contributed by atoms with Gasteiger partial charge in [-0.15, -0.1) is 0 Å². The molecule has 2 aliphatic rings. The van der Waals surface area contributed by atoms with E-state index in [1.165, 1.54) is 0 Å². The van der Waals surface area contributed by atoms with E-state index in [-0.39, 0.29) is 11.4 Å². The Kier molecular flexibility index (Phi) is 3.75. The van der Waals surface area contributed by atoms with E-state index in [0.29, 0.717) is 18.4 Å². The van der Waals surface area contributed by atoms with Gasteiger partial charge in [0.25, 0.3) is 0 Å². The molecule has 3 atom stereocenters. The van der Waals surface area contributed by atoms with Crippen molar-refractivity contribution in [3.8, 4) is 5.75 Å². The number of hydrogen-bond donors (Lipinski definition) is 0. The molecule has 1 heterocycles. The van der Waals surface area contributed by atoms with E-state index in [9.17, 15) is 4.79 Å². The van der Waals surface area contributed by atoms with E-state index in [0.717, 1.165) is 30.6 Å². The first kappa shape index (κ1) is 14.2. The number of esters is 1. The summed E-state index contributed by atoms with van der Waals surface area (Å²) < 4.78 is 10.5. The van der Waals surface area contributed by atoms with Gasteiger partial charge in [0.2, 0.25) is 0 Å². The third kappa shape index (κ3) is 2.57. The van der Waals surface area contributed by atoms with Crippen molar-refractivity contribution in [2.45, 2.75) is 26.2 Å². The van der Waals surface area contributed by atoms with Gasteiger partial charge in [-0.05, 0) is 43.4 Å². The standard InChI is InChI=1S/C18H22O3/c1-18-11-3-4-14(16(18)12-21-17(18)19)8-5-13-6-9-15(20-2)10-7-13/h5-10,14,16H,3-4,11-12H2,1-2H3/b8-5+/t14-,16-,18+/m0/s1. The van der Waals surface area contributed by atoms with E-state index in [1.54, 1.807) is 7.11 Å². The first-order valence-electron chi connectivity index (χ1n) is 7.63. The number of methoxy groups -OCH3 is 1. The van der Waals surface area contributed by atoms with Gasteiger partial charge in [0.1, 0.15) is 5.75 Å². The molecule has 3 nitrogen and oxygen atoms in total. The molecular formula is C18H22O3. The van der Waals surface area contributed by atoms with Crippen LogP contribution in [0.5, 0.6) is 5.75 Å². The molecule has 0 bridgehead atoms. The van der Waals surface area contributed by atoms with Crippen LogP contribution in [0.1, 0.15) is 31.7 Å². The summed E-state index contributed by atoms with van der Waals surface area (Å²) in [5, 5.41) is 0. The lowest BCUT2D eigenvalue weighted by atomic mass is 9.64. The molecule has 3 rings (SSSR count). The molecule has 1 aromatic carbocycles. The smallest absolute Gasteiger partial charge is 0.312 e. The summed E-state index contributed by atoms with van der Waals surface area (Å²) in [7, 11) is 1.67. The van der Waals surface area contributed by atoms with Crippen LogP contribution in [-0.4, -0.2) is 19.7 Å². The Morgan fingerprint density at radius 2 is 2.10 bits per heavy atom. The third-order valence-corrected chi connectivity index (χ3v) is 5.08. The molecule has 0 unspecified atom stereocenters. The Labute approximate surface area is 125 Å². The fraction of sp³-hybridized carbons (Fsp3) is 0.500. The largest absolute Gasteiger partial charge is 0.497 e. The van der Waals surface area contributed by atoms with Gasteiger partial charge in [-0.3, -0.25) is 4.79 Å². The second-order valence-corrected chi connectivity index (χ2v) is 6.31. The molecule has 1 aromatic rings. The maximum Gasteiger partial charge on any atom is 0.312 e. The molecule has 0 amide bonds. The number of fused-ring (bicyclic) bond motifs is 1. The Hall–Kier alpha value is -1.77. The summed E-state index contributed by atoms with van der Waals surface area (Å²) in [5.41, 5.74) is 0.890. The molecule has 1 aliphatic heterocycles. The summed E-state index contributed by atoms with van der Waals surface area (Å²) >= 11 is 0. The summed E-state index contributed by atoms with van der Waals surface area (Å²) in [6, 6.07) is 8.03. The second kappa shape index (κ2) is 5.55. The van der Waals surface area contributed by atoms with Gasteiger partial charge in [-0.2, -0.15) is 0 Å². The summed E-state index contributed by atoms with van der Waals surface area (Å²) in [6.07, 6.45) is 7.61. The Balaban J connectivity index is 1.74. The van der Waals surface area contributed by atoms with Crippen molar-refractivity contribution in [1.29, 1.82) is 0 Å². The second-order valence-electron chi connectivity index (χ2n) is 6.31. The van der Waals surface area contributed by atoms with Crippen molar-refractivity contribution in [2.75, 3.05) is 13.7 Å². The quantitative estimate of drug-likeness (QED) is 0.795. The molecule has 0 spiro atoms. The highest BCUT2D eigenvalue weighted by molar-refractivity contribution is 5.79. The third-order valence-electron chi connectivity index (χ3n) is 5.08. The maximum absolute atomic E-state index is 12.0. The van der Waals surface area contributed by atoms with E-state index >= 15 is 0 Å². The molecule has 0 N–H and O–H groups in total. The summed E-state index contributed by atoms with van der Waals surface area (Å²) in [5.74, 6) is 1.62. The Bertz CT molecular complexity index is 546. The van der Waals surface area contributed by atoms with Crippen LogP contribution in [0, 0.1) is 17.3 Å². The molecule has 0 aromatic heterocycles. The lowest BCUT2D eigenvalue weighted by Gasteiger charge is -2.36. The first-order chi connectivity index (χ1) is 10.1. The highest BCUT2D eigenvalue weighted by Gasteiger charge is 2.52. The molecule has 3 heteroatoms.